The van der Waals surface area contributed by atoms with Gasteiger partial charge in [-0.3, -0.25) is 9.78 Å². The van der Waals surface area contributed by atoms with Crippen LogP contribution >= 0.6 is 0 Å². The normalized spacial score (nSPS) is 15.9. The standard InChI is InChI=1S/C26H28FN5O2S/c1-26(2,17-28)19-7-5-18(6-8-19)24-21-15-20(27)9-10-23(21)29-16-22(24)25(33)31-11-13-32(14-12-31)35(34)30(3)4/h5-10,15-16H,11-14H2,1-4H3. The Morgan fingerprint density at radius 3 is 2.37 bits per heavy atom. The number of hydrogen-bond donors (Lipinski definition) is 0. The summed E-state index contributed by atoms with van der Waals surface area (Å²) in [6.07, 6.45) is 1.55. The molecule has 1 saturated heterocycles. The Kier molecular flexibility index (Phi) is 6.99. The maximum absolute atomic E-state index is 14.3. The summed E-state index contributed by atoms with van der Waals surface area (Å²) < 4.78 is 30.1. The van der Waals surface area contributed by atoms with E-state index >= 15 is 0 Å². The number of halogens is 1. The molecule has 0 saturated carbocycles. The van der Waals surface area contributed by atoms with Gasteiger partial charge in [-0.1, -0.05) is 24.3 Å². The second-order valence-corrected chi connectivity index (χ2v) is 11.0. The fraction of sp³-hybridized carbons (Fsp3) is 0.346. The van der Waals surface area contributed by atoms with Crippen molar-refractivity contribution in [3.8, 4) is 17.2 Å². The minimum Gasteiger partial charge on any atom is -0.336 e. The summed E-state index contributed by atoms with van der Waals surface area (Å²) in [5.41, 5.74) is 2.53. The molecule has 7 nitrogen and oxygen atoms in total. The second kappa shape index (κ2) is 9.82. The summed E-state index contributed by atoms with van der Waals surface area (Å²) in [6, 6.07) is 14.1. The summed E-state index contributed by atoms with van der Waals surface area (Å²) >= 11 is -1.25. The van der Waals surface area contributed by atoms with Gasteiger partial charge in [-0.05, 0) is 43.2 Å². The van der Waals surface area contributed by atoms with E-state index in [1.165, 1.54) is 12.1 Å². The number of carbonyl (C=O) groups excluding carboxylic acids is 1. The largest absolute Gasteiger partial charge is 0.336 e. The number of pyridine rings is 1. The highest BCUT2D eigenvalue weighted by molar-refractivity contribution is 7.80. The van der Waals surface area contributed by atoms with Crippen LogP contribution in [0.25, 0.3) is 22.0 Å². The lowest BCUT2D eigenvalue weighted by Crippen LogP contribution is -2.51. The number of nitrogens with zero attached hydrogens (tertiary/aromatic N) is 5. The maximum Gasteiger partial charge on any atom is 0.256 e. The maximum atomic E-state index is 14.3. The van der Waals surface area contributed by atoms with Gasteiger partial charge in [0.2, 0.25) is 0 Å². The Hall–Kier alpha value is -3.19. The lowest BCUT2D eigenvalue weighted by molar-refractivity contribution is 0.0699. The van der Waals surface area contributed by atoms with Crippen molar-refractivity contribution in [3.05, 3.63) is 65.6 Å². The molecule has 182 valence electrons. The number of benzene rings is 2. The number of carbonyl (C=O) groups is 1. The summed E-state index contributed by atoms with van der Waals surface area (Å²) in [4.78, 5) is 19.8. The van der Waals surface area contributed by atoms with Gasteiger partial charge in [-0.2, -0.15) is 5.26 Å². The summed E-state index contributed by atoms with van der Waals surface area (Å²) in [5.74, 6) is -0.609. The van der Waals surface area contributed by atoms with Crippen LogP contribution in [-0.2, 0) is 16.6 Å². The minimum atomic E-state index is -1.25. The molecular weight excluding hydrogens is 465 g/mol. The average Bonchev–Trinajstić information content (AvgIpc) is 2.87. The molecule has 2 heterocycles. The minimum absolute atomic E-state index is 0.199. The van der Waals surface area contributed by atoms with Crippen molar-refractivity contribution in [1.29, 1.82) is 5.26 Å². The van der Waals surface area contributed by atoms with E-state index in [2.05, 4.69) is 11.1 Å². The van der Waals surface area contributed by atoms with Crippen LogP contribution in [0.3, 0.4) is 0 Å². The molecule has 0 N–H and O–H groups in total. The molecule has 0 bridgehead atoms. The number of nitriles is 1. The van der Waals surface area contributed by atoms with Crippen LogP contribution in [0.15, 0.2) is 48.7 Å². The molecule has 1 amide bonds. The fourth-order valence-corrected chi connectivity index (χ4v) is 5.14. The van der Waals surface area contributed by atoms with Gasteiger partial charge in [-0.25, -0.2) is 17.2 Å². The number of amides is 1. The molecule has 35 heavy (non-hydrogen) atoms. The molecule has 4 rings (SSSR count). The van der Waals surface area contributed by atoms with Gasteiger partial charge < -0.3 is 4.90 Å². The van der Waals surface area contributed by atoms with E-state index in [1.807, 2.05) is 42.4 Å². The number of aromatic nitrogens is 1. The molecule has 2 aromatic carbocycles. The van der Waals surface area contributed by atoms with Crippen molar-refractivity contribution in [2.45, 2.75) is 19.3 Å². The summed E-state index contributed by atoms with van der Waals surface area (Å²) in [5, 5.41) is 10.0. The predicted octanol–water partition coefficient (Wildman–Crippen LogP) is 3.74. The fourth-order valence-electron chi connectivity index (χ4n) is 4.20. The quantitative estimate of drug-likeness (QED) is 0.542. The predicted molar refractivity (Wildman–Crippen MR) is 135 cm³/mol. The molecule has 1 unspecified atom stereocenters. The summed E-state index contributed by atoms with van der Waals surface area (Å²) in [6.45, 7) is 5.51. The topological polar surface area (TPSA) is 80.5 Å². The highest BCUT2D eigenvalue weighted by Crippen LogP contribution is 2.34. The third-order valence-electron chi connectivity index (χ3n) is 6.29. The lowest BCUT2D eigenvalue weighted by Gasteiger charge is -2.35. The van der Waals surface area contributed by atoms with Crippen LogP contribution < -0.4 is 0 Å². The number of fused-ring (bicyclic) bond motifs is 1. The molecule has 1 aromatic heterocycles. The molecule has 1 atom stereocenters. The monoisotopic (exact) mass is 493 g/mol. The number of hydrogen-bond acceptors (Lipinski definition) is 4. The first-order valence-corrected chi connectivity index (χ1v) is 12.4. The van der Waals surface area contributed by atoms with Crippen LogP contribution in [0, 0.1) is 17.1 Å². The molecule has 9 heteroatoms. The number of piperazine rings is 1. The van der Waals surface area contributed by atoms with Crippen LogP contribution in [0.2, 0.25) is 0 Å². The van der Waals surface area contributed by atoms with Crippen molar-refractivity contribution in [2.75, 3.05) is 40.3 Å². The van der Waals surface area contributed by atoms with Crippen molar-refractivity contribution in [1.82, 2.24) is 18.5 Å². The Bertz CT molecular complexity index is 1330. The third-order valence-corrected chi connectivity index (χ3v) is 7.73. The first-order chi connectivity index (χ1) is 16.6. The van der Waals surface area contributed by atoms with Gasteiger partial charge in [0.05, 0.1) is 22.6 Å². The van der Waals surface area contributed by atoms with Crippen LogP contribution in [0.4, 0.5) is 4.39 Å². The van der Waals surface area contributed by atoms with Crippen molar-refractivity contribution in [2.24, 2.45) is 0 Å². The zero-order valence-corrected chi connectivity index (χ0v) is 21.1. The van der Waals surface area contributed by atoms with Gasteiger partial charge in [0.1, 0.15) is 5.82 Å². The van der Waals surface area contributed by atoms with Gasteiger partial charge in [-0.15, -0.1) is 0 Å². The molecule has 0 aliphatic carbocycles. The van der Waals surface area contributed by atoms with Crippen LogP contribution in [0.1, 0.15) is 29.8 Å². The molecule has 1 aliphatic rings. The van der Waals surface area contributed by atoms with E-state index in [0.717, 1.165) is 11.1 Å². The zero-order valence-electron chi connectivity index (χ0n) is 20.3. The van der Waals surface area contributed by atoms with Gasteiger partial charge >= 0.3 is 0 Å². The molecule has 0 radical (unpaired) electrons. The Morgan fingerprint density at radius 1 is 1.11 bits per heavy atom. The van der Waals surface area contributed by atoms with Gasteiger partial charge in [0.25, 0.3) is 5.91 Å². The van der Waals surface area contributed by atoms with Crippen LogP contribution in [-0.4, -0.2) is 68.9 Å². The van der Waals surface area contributed by atoms with E-state index in [0.29, 0.717) is 48.2 Å². The summed E-state index contributed by atoms with van der Waals surface area (Å²) in [7, 11) is 3.51. The van der Waals surface area contributed by atoms with E-state index in [4.69, 9.17) is 0 Å². The Labute approximate surface area is 207 Å². The highest BCUT2D eigenvalue weighted by atomic mass is 32.2. The first-order valence-electron chi connectivity index (χ1n) is 11.4. The Morgan fingerprint density at radius 2 is 1.77 bits per heavy atom. The van der Waals surface area contributed by atoms with Crippen molar-refractivity contribution in [3.63, 3.8) is 0 Å². The van der Waals surface area contributed by atoms with E-state index in [-0.39, 0.29) is 5.91 Å². The second-order valence-electron chi connectivity index (χ2n) is 9.29. The van der Waals surface area contributed by atoms with E-state index < -0.39 is 22.4 Å². The van der Waals surface area contributed by atoms with Crippen molar-refractivity contribution < 1.29 is 13.4 Å². The molecule has 1 aliphatic heterocycles. The van der Waals surface area contributed by atoms with Crippen molar-refractivity contribution >= 4 is 28.0 Å². The highest BCUT2D eigenvalue weighted by Gasteiger charge is 2.28. The Balaban J connectivity index is 1.74. The number of rotatable bonds is 5. The smallest absolute Gasteiger partial charge is 0.256 e. The third kappa shape index (κ3) is 4.96. The van der Waals surface area contributed by atoms with Gasteiger partial charge in [0, 0.05) is 57.4 Å². The first kappa shape index (κ1) is 24.9. The average molecular weight is 494 g/mol. The zero-order chi connectivity index (χ0) is 25.3. The SMILES string of the molecule is CN(C)S(=O)N1CCN(C(=O)c2cnc3ccc(F)cc3c2-c2ccc(C(C)(C)C#N)cc2)CC1. The van der Waals surface area contributed by atoms with Gasteiger partial charge in [0.15, 0.2) is 11.2 Å². The van der Waals surface area contributed by atoms with Crippen LogP contribution in [0.5, 0.6) is 0 Å². The molecule has 1 fully saturated rings. The van der Waals surface area contributed by atoms with E-state index in [9.17, 15) is 18.7 Å². The lowest BCUT2D eigenvalue weighted by atomic mass is 9.85. The molecule has 3 aromatic rings. The van der Waals surface area contributed by atoms with E-state index in [1.54, 1.807) is 35.6 Å². The molecule has 0 spiro atoms. The molecular formula is C26H28FN5O2S.